The molecule has 0 aliphatic rings. The number of aromatic nitrogens is 2. The van der Waals surface area contributed by atoms with E-state index < -0.39 is 0 Å². The molecule has 0 spiro atoms. The molecule has 0 amide bonds. The first-order valence-electron chi connectivity index (χ1n) is 6.46. The van der Waals surface area contributed by atoms with Gasteiger partial charge >= 0.3 is 0 Å². The molecule has 1 atom stereocenters. The Balaban J connectivity index is 2.24. The van der Waals surface area contributed by atoms with E-state index in [9.17, 15) is 0 Å². The molecule has 0 aromatic carbocycles. The van der Waals surface area contributed by atoms with Gasteiger partial charge in [0.25, 0.3) is 0 Å². The molecule has 0 saturated heterocycles. The lowest BCUT2D eigenvalue weighted by molar-refractivity contribution is 0.382. The van der Waals surface area contributed by atoms with Crippen LogP contribution in [0.5, 0.6) is 5.88 Å². The second-order valence-corrected chi connectivity index (χ2v) is 4.27. The predicted molar refractivity (Wildman–Crippen MR) is 75.1 cm³/mol. The summed E-state index contributed by atoms with van der Waals surface area (Å²) in [5, 5.41) is 3.48. The molecule has 0 radical (unpaired) electrons. The van der Waals surface area contributed by atoms with Crippen LogP contribution in [0.15, 0.2) is 42.9 Å². The van der Waals surface area contributed by atoms with Gasteiger partial charge in [-0.15, -0.1) is 0 Å². The van der Waals surface area contributed by atoms with Crippen LogP contribution >= 0.6 is 0 Å². The summed E-state index contributed by atoms with van der Waals surface area (Å²) in [5.74, 6) is 0.683. The number of rotatable bonds is 6. The number of methoxy groups -OCH3 is 1. The first-order chi connectivity index (χ1) is 9.35. The predicted octanol–water partition coefficient (Wildman–Crippen LogP) is 2.38. The average Bonchev–Trinajstić information content (AvgIpc) is 2.48. The Morgan fingerprint density at radius 2 is 2.00 bits per heavy atom. The lowest BCUT2D eigenvalue weighted by Gasteiger charge is -2.20. The number of hydrogen-bond donors (Lipinski definition) is 1. The Labute approximate surface area is 113 Å². The summed E-state index contributed by atoms with van der Waals surface area (Å²) in [6, 6.07) is 8.26. The van der Waals surface area contributed by atoms with Crippen molar-refractivity contribution in [2.45, 2.75) is 19.4 Å². The van der Waals surface area contributed by atoms with Gasteiger partial charge in [0.15, 0.2) is 0 Å². The molecule has 0 aliphatic carbocycles. The molecule has 19 heavy (non-hydrogen) atoms. The summed E-state index contributed by atoms with van der Waals surface area (Å²) in [5.41, 5.74) is 2.33. The van der Waals surface area contributed by atoms with E-state index in [1.807, 2.05) is 30.6 Å². The number of likely N-dealkylation sites (N-methyl/N-ethyl adjacent to an activating group) is 1. The molecule has 2 heterocycles. The van der Waals surface area contributed by atoms with Crippen LogP contribution in [-0.2, 0) is 6.42 Å². The van der Waals surface area contributed by atoms with Crippen LogP contribution in [0, 0.1) is 0 Å². The van der Waals surface area contributed by atoms with E-state index in [0.29, 0.717) is 5.88 Å². The van der Waals surface area contributed by atoms with Gasteiger partial charge in [0, 0.05) is 30.2 Å². The summed E-state index contributed by atoms with van der Waals surface area (Å²) in [4.78, 5) is 8.32. The Morgan fingerprint density at radius 1 is 1.21 bits per heavy atom. The minimum absolute atomic E-state index is 0.191. The standard InChI is InChI=1S/C15H19N3O/c1-3-17-14(11-12-6-9-16-10-7-12)13-5-4-8-18-15(13)19-2/h4-10,14,17H,3,11H2,1-2H3. The maximum Gasteiger partial charge on any atom is 0.217 e. The van der Waals surface area contributed by atoms with E-state index in [1.54, 1.807) is 13.3 Å². The van der Waals surface area contributed by atoms with Gasteiger partial charge in [0.1, 0.15) is 0 Å². The van der Waals surface area contributed by atoms with E-state index in [0.717, 1.165) is 18.5 Å². The summed E-state index contributed by atoms with van der Waals surface area (Å²) in [7, 11) is 1.65. The zero-order valence-electron chi connectivity index (χ0n) is 11.3. The van der Waals surface area contributed by atoms with Crippen molar-refractivity contribution in [2.75, 3.05) is 13.7 Å². The zero-order valence-corrected chi connectivity index (χ0v) is 11.3. The van der Waals surface area contributed by atoms with Gasteiger partial charge in [-0.1, -0.05) is 13.0 Å². The van der Waals surface area contributed by atoms with Crippen LogP contribution in [-0.4, -0.2) is 23.6 Å². The highest BCUT2D eigenvalue weighted by Crippen LogP contribution is 2.25. The average molecular weight is 257 g/mol. The van der Waals surface area contributed by atoms with Gasteiger partial charge in [-0.3, -0.25) is 4.98 Å². The second-order valence-electron chi connectivity index (χ2n) is 4.27. The highest BCUT2D eigenvalue weighted by molar-refractivity contribution is 5.30. The van der Waals surface area contributed by atoms with Crippen molar-refractivity contribution in [3.05, 3.63) is 54.0 Å². The number of hydrogen-bond acceptors (Lipinski definition) is 4. The van der Waals surface area contributed by atoms with Crippen LogP contribution in [0.4, 0.5) is 0 Å². The van der Waals surface area contributed by atoms with Crippen molar-refractivity contribution in [1.82, 2.24) is 15.3 Å². The molecule has 0 saturated carbocycles. The van der Waals surface area contributed by atoms with Gasteiger partial charge in [-0.2, -0.15) is 0 Å². The van der Waals surface area contributed by atoms with Crippen molar-refractivity contribution in [2.24, 2.45) is 0 Å². The highest BCUT2D eigenvalue weighted by atomic mass is 16.5. The summed E-state index contributed by atoms with van der Waals surface area (Å²) < 4.78 is 5.35. The van der Waals surface area contributed by atoms with Gasteiger partial charge in [0.2, 0.25) is 5.88 Å². The van der Waals surface area contributed by atoms with Crippen molar-refractivity contribution in [1.29, 1.82) is 0 Å². The normalized spacial score (nSPS) is 12.1. The monoisotopic (exact) mass is 257 g/mol. The summed E-state index contributed by atoms with van der Waals surface area (Å²) in [6.07, 6.45) is 6.27. The van der Waals surface area contributed by atoms with E-state index >= 15 is 0 Å². The maximum absolute atomic E-state index is 5.35. The fourth-order valence-corrected chi connectivity index (χ4v) is 2.13. The lowest BCUT2D eigenvalue weighted by Crippen LogP contribution is -2.23. The molecule has 100 valence electrons. The second kappa shape index (κ2) is 6.85. The van der Waals surface area contributed by atoms with E-state index in [-0.39, 0.29) is 6.04 Å². The van der Waals surface area contributed by atoms with Gasteiger partial charge in [-0.05, 0) is 36.7 Å². The fraction of sp³-hybridized carbons (Fsp3) is 0.333. The number of nitrogens with one attached hydrogen (secondary N) is 1. The van der Waals surface area contributed by atoms with Crippen LogP contribution in [0.2, 0.25) is 0 Å². The molecule has 4 nitrogen and oxygen atoms in total. The lowest BCUT2D eigenvalue weighted by atomic mass is 10.0. The van der Waals surface area contributed by atoms with Crippen LogP contribution < -0.4 is 10.1 Å². The third-order valence-electron chi connectivity index (χ3n) is 3.01. The molecule has 0 fully saturated rings. The quantitative estimate of drug-likeness (QED) is 0.863. The molecule has 0 bridgehead atoms. The third-order valence-corrected chi connectivity index (χ3v) is 3.01. The largest absolute Gasteiger partial charge is 0.481 e. The first-order valence-corrected chi connectivity index (χ1v) is 6.46. The first kappa shape index (κ1) is 13.5. The molecule has 1 unspecified atom stereocenters. The molecular weight excluding hydrogens is 238 g/mol. The molecule has 1 N–H and O–H groups in total. The minimum Gasteiger partial charge on any atom is -0.481 e. The summed E-state index contributed by atoms with van der Waals surface area (Å²) >= 11 is 0. The number of ether oxygens (including phenoxy) is 1. The Bertz CT molecular complexity index is 502. The minimum atomic E-state index is 0.191. The van der Waals surface area contributed by atoms with Crippen molar-refractivity contribution >= 4 is 0 Å². The molecule has 2 aromatic rings. The molecule has 0 aliphatic heterocycles. The number of pyridine rings is 2. The Morgan fingerprint density at radius 3 is 2.68 bits per heavy atom. The molecule has 2 rings (SSSR count). The van der Waals surface area contributed by atoms with E-state index in [2.05, 4.69) is 28.3 Å². The molecular formula is C15H19N3O. The van der Waals surface area contributed by atoms with Crippen LogP contribution in [0.25, 0.3) is 0 Å². The van der Waals surface area contributed by atoms with Crippen molar-refractivity contribution < 1.29 is 4.74 Å². The third kappa shape index (κ3) is 3.51. The topological polar surface area (TPSA) is 47.0 Å². The van der Waals surface area contributed by atoms with Crippen LogP contribution in [0.3, 0.4) is 0 Å². The van der Waals surface area contributed by atoms with Crippen molar-refractivity contribution in [3.8, 4) is 5.88 Å². The highest BCUT2D eigenvalue weighted by Gasteiger charge is 2.16. The van der Waals surface area contributed by atoms with Gasteiger partial charge in [0.05, 0.1) is 7.11 Å². The summed E-state index contributed by atoms with van der Waals surface area (Å²) in [6.45, 7) is 3.00. The molecule has 2 aromatic heterocycles. The Kier molecular flexibility index (Phi) is 4.86. The zero-order chi connectivity index (χ0) is 13.5. The maximum atomic E-state index is 5.35. The van der Waals surface area contributed by atoms with Crippen LogP contribution in [0.1, 0.15) is 24.1 Å². The van der Waals surface area contributed by atoms with Gasteiger partial charge in [-0.25, -0.2) is 4.98 Å². The van der Waals surface area contributed by atoms with Gasteiger partial charge < -0.3 is 10.1 Å². The number of nitrogens with zero attached hydrogens (tertiary/aromatic N) is 2. The smallest absolute Gasteiger partial charge is 0.217 e. The van der Waals surface area contributed by atoms with E-state index in [4.69, 9.17) is 4.74 Å². The SMILES string of the molecule is CCNC(Cc1ccncc1)c1cccnc1OC. The molecule has 4 heteroatoms. The van der Waals surface area contributed by atoms with Crippen molar-refractivity contribution in [3.63, 3.8) is 0 Å². The fourth-order valence-electron chi connectivity index (χ4n) is 2.13. The van der Waals surface area contributed by atoms with E-state index in [1.165, 1.54) is 5.56 Å². The Hall–Kier alpha value is -1.94.